The predicted octanol–water partition coefficient (Wildman–Crippen LogP) is 3.95. The number of imidazole rings is 1. The van der Waals surface area contributed by atoms with Gasteiger partial charge < -0.3 is 10.3 Å². The summed E-state index contributed by atoms with van der Waals surface area (Å²) in [7, 11) is 0. The summed E-state index contributed by atoms with van der Waals surface area (Å²) < 4.78 is 40.7. The molecule has 20 heavy (non-hydrogen) atoms. The van der Waals surface area contributed by atoms with Gasteiger partial charge >= 0.3 is 6.18 Å². The van der Waals surface area contributed by atoms with Crippen molar-refractivity contribution < 1.29 is 13.2 Å². The third-order valence-corrected chi connectivity index (χ3v) is 4.10. The van der Waals surface area contributed by atoms with Crippen LogP contribution in [0.25, 0.3) is 11.0 Å². The lowest BCUT2D eigenvalue weighted by molar-refractivity contribution is -0.147. The first-order valence-electron chi connectivity index (χ1n) is 6.27. The van der Waals surface area contributed by atoms with E-state index in [1.54, 1.807) is 30.8 Å². The first kappa shape index (κ1) is 15.0. The highest BCUT2D eigenvalue weighted by Crippen LogP contribution is 2.34. The summed E-state index contributed by atoms with van der Waals surface area (Å²) >= 11 is 1.60. The molecule has 0 aliphatic rings. The number of alkyl halides is 3. The average Bonchev–Trinajstić information content (AvgIpc) is 2.74. The van der Waals surface area contributed by atoms with Crippen molar-refractivity contribution >= 4 is 28.5 Å². The van der Waals surface area contributed by atoms with Gasteiger partial charge in [-0.2, -0.15) is 24.9 Å². The summed E-state index contributed by atoms with van der Waals surface area (Å²) in [5.74, 6) is 0.614. The number of benzene rings is 1. The molecule has 0 aliphatic heterocycles. The van der Waals surface area contributed by atoms with Crippen molar-refractivity contribution in [1.82, 2.24) is 9.55 Å². The highest BCUT2D eigenvalue weighted by atomic mass is 32.2. The molecule has 0 bridgehead atoms. The minimum Gasteiger partial charge on any atom is -0.399 e. The Balaban J connectivity index is 2.58. The quantitative estimate of drug-likeness (QED) is 0.870. The van der Waals surface area contributed by atoms with Crippen LogP contribution in [0.15, 0.2) is 18.2 Å². The maximum absolute atomic E-state index is 13.1. The van der Waals surface area contributed by atoms with Crippen molar-refractivity contribution in [2.24, 2.45) is 0 Å². The van der Waals surface area contributed by atoms with E-state index in [4.69, 9.17) is 5.73 Å². The number of fused-ring (bicyclic) bond motifs is 1. The summed E-state index contributed by atoms with van der Waals surface area (Å²) in [4.78, 5) is 3.72. The van der Waals surface area contributed by atoms with Crippen molar-refractivity contribution in [3.8, 4) is 0 Å². The Morgan fingerprint density at radius 3 is 2.70 bits per heavy atom. The molecule has 110 valence electrons. The predicted molar refractivity (Wildman–Crippen MR) is 76.9 cm³/mol. The van der Waals surface area contributed by atoms with Gasteiger partial charge in [-0.1, -0.05) is 6.92 Å². The third-order valence-electron chi connectivity index (χ3n) is 2.97. The molecule has 0 radical (unpaired) electrons. The van der Waals surface area contributed by atoms with Gasteiger partial charge in [0, 0.05) is 17.5 Å². The minimum atomic E-state index is -4.47. The van der Waals surface area contributed by atoms with Gasteiger partial charge in [-0.25, -0.2) is 4.98 Å². The van der Waals surface area contributed by atoms with E-state index in [2.05, 4.69) is 4.98 Å². The molecular formula is C13H16F3N3S. The Morgan fingerprint density at radius 1 is 1.40 bits per heavy atom. The van der Waals surface area contributed by atoms with E-state index in [9.17, 15) is 13.2 Å². The second-order valence-corrected chi connectivity index (χ2v) is 5.88. The number of thioether (sulfide) groups is 1. The number of aromatic nitrogens is 2. The largest absolute Gasteiger partial charge is 0.449 e. The van der Waals surface area contributed by atoms with Crippen LogP contribution in [-0.2, 0) is 6.18 Å². The summed E-state index contributed by atoms with van der Waals surface area (Å²) in [5.41, 5.74) is 6.77. The molecule has 1 aromatic carbocycles. The second-order valence-electron chi connectivity index (χ2n) is 4.56. The molecule has 2 N–H and O–H groups in total. The summed E-state index contributed by atoms with van der Waals surface area (Å²) in [5, 5.41) is 0. The SMILES string of the molecule is CCSCC(C)n1c(C(F)(F)F)nc2cc(N)ccc21. The normalized spacial score (nSPS) is 13.8. The first-order chi connectivity index (χ1) is 9.34. The molecular weight excluding hydrogens is 287 g/mol. The molecule has 0 saturated carbocycles. The van der Waals surface area contributed by atoms with Crippen LogP contribution in [-0.4, -0.2) is 21.1 Å². The van der Waals surface area contributed by atoms with Gasteiger partial charge in [-0.15, -0.1) is 0 Å². The number of halogens is 3. The number of nitrogens with two attached hydrogens (primary N) is 1. The van der Waals surface area contributed by atoms with Gasteiger partial charge in [-0.05, 0) is 30.9 Å². The molecule has 2 rings (SSSR count). The topological polar surface area (TPSA) is 43.8 Å². The highest BCUT2D eigenvalue weighted by Gasteiger charge is 2.38. The van der Waals surface area contributed by atoms with Crippen LogP contribution in [0.2, 0.25) is 0 Å². The Kier molecular flexibility index (Phi) is 4.17. The molecule has 1 aromatic heterocycles. The van der Waals surface area contributed by atoms with Crippen molar-refractivity contribution in [2.45, 2.75) is 26.1 Å². The third kappa shape index (κ3) is 2.87. The van der Waals surface area contributed by atoms with Crippen LogP contribution in [0, 0.1) is 0 Å². The molecule has 2 aromatic rings. The van der Waals surface area contributed by atoms with Crippen LogP contribution in [0.1, 0.15) is 25.7 Å². The monoisotopic (exact) mass is 303 g/mol. The Labute approximate surface area is 119 Å². The van der Waals surface area contributed by atoms with Gasteiger partial charge in [0.1, 0.15) is 0 Å². The summed E-state index contributed by atoms with van der Waals surface area (Å²) in [6.07, 6.45) is -4.47. The molecule has 0 spiro atoms. The zero-order valence-corrected chi connectivity index (χ0v) is 12.1. The summed E-state index contributed by atoms with van der Waals surface area (Å²) in [6.45, 7) is 3.75. The molecule has 0 amide bonds. The lowest BCUT2D eigenvalue weighted by Crippen LogP contribution is -2.19. The number of hydrogen-bond donors (Lipinski definition) is 1. The van der Waals surface area contributed by atoms with Crippen molar-refractivity contribution in [1.29, 1.82) is 0 Å². The van der Waals surface area contributed by atoms with Crippen molar-refractivity contribution in [3.63, 3.8) is 0 Å². The van der Waals surface area contributed by atoms with Crippen molar-refractivity contribution in [3.05, 3.63) is 24.0 Å². The zero-order chi connectivity index (χ0) is 14.9. The molecule has 3 nitrogen and oxygen atoms in total. The van der Waals surface area contributed by atoms with Gasteiger partial charge in [-0.3, -0.25) is 0 Å². The number of rotatable bonds is 4. The van der Waals surface area contributed by atoms with E-state index < -0.39 is 12.0 Å². The lowest BCUT2D eigenvalue weighted by Gasteiger charge is -2.18. The van der Waals surface area contributed by atoms with Gasteiger partial charge in [0.2, 0.25) is 5.82 Å². The van der Waals surface area contributed by atoms with E-state index in [1.165, 1.54) is 10.6 Å². The molecule has 1 unspecified atom stereocenters. The van der Waals surface area contributed by atoms with Gasteiger partial charge in [0.15, 0.2) is 0 Å². The standard InChI is InChI=1S/C13H16F3N3S/c1-3-20-7-8(2)19-11-5-4-9(17)6-10(11)18-12(19)13(14,15)16/h4-6,8H,3,7,17H2,1-2H3. The second kappa shape index (κ2) is 5.55. The molecule has 0 fully saturated rings. The molecule has 0 aliphatic carbocycles. The first-order valence-corrected chi connectivity index (χ1v) is 7.42. The average molecular weight is 303 g/mol. The number of anilines is 1. The smallest absolute Gasteiger partial charge is 0.399 e. The van der Waals surface area contributed by atoms with E-state index in [-0.39, 0.29) is 11.6 Å². The lowest BCUT2D eigenvalue weighted by atomic mass is 10.2. The molecule has 1 heterocycles. The van der Waals surface area contributed by atoms with Gasteiger partial charge in [0.25, 0.3) is 0 Å². The number of hydrogen-bond acceptors (Lipinski definition) is 3. The fourth-order valence-corrected chi connectivity index (χ4v) is 2.85. The van der Waals surface area contributed by atoms with E-state index >= 15 is 0 Å². The fourth-order valence-electron chi connectivity index (χ4n) is 2.12. The fraction of sp³-hybridized carbons (Fsp3) is 0.462. The maximum atomic E-state index is 13.1. The van der Waals surface area contributed by atoms with E-state index in [0.717, 1.165) is 5.75 Å². The zero-order valence-electron chi connectivity index (χ0n) is 11.2. The van der Waals surface area contributed by atoms with Crippen LogP contribution >= 0.6 is 11.8 Å². The highest BCUT2D eigenvalue weighted by molar-refractivity contribution is 7.99. The Bertz CT molecular complexity index is 607. The maximum Gasteiger partial charge on any atom is 0.449 e. The van der Waals surface area contributed by atoms with Crippen LogP contribution in [0.5, 0.6) is 0 Å². The molecule has 1 atom stereocenters. The van der Waals surface area contributed by atoms with Crippen LogP contribution < -0.4 is 5.73 Å². The van der Waals surface area contributed by atoms with Crippen LogP contribution in [0.4, 0.5) is 18.9 Å². The minimum absolute atomic E-state index is 0.283. The van der Waals surface area contributed by atoms with Crippen molar-refractivity contribution in [2.75, 3.05) is 17.2 Å². The molecule has 0 saturated heterocycles. The number of nitrogen functional groups attached to an aromatic ring is 1. The number of nitrogens with zero attached hydrogens (tertiary/aromatic N) is 2. The van der Waals surface area contributed by atoms with Crippen LogP contribution in [0.3, 0.4) is 0 Å². The van der Waals surface area contributed by atoms with E-state index in [1.807, 2.05) is 6.92 Å². The Morgan fingerprint density at radius 2 is 2.10 bits per heavy atom. The van der Waals surface area contributed by atoms with Gasteiger partial charge in [0.05, 0.1) is 11.0 Å². The van der Waals surface area contributed by atoms with E-state index in [0.29, 0.717) is 17.0 Å². The summed E-state index contributed by atoms with van der Waals surface area (Å²) in [6, 6.07) is 4.38. The molecule has 7 heteroatoms. The Hall–Kier alpha value is -1.37.